The Hall–Kier alpha value is -0.350. The van der Waals surface area contributed by atoms with E-state index in [2.05, 4.69) is 31.9 Å². The molecule has 82 valence electrons. The van der Waals surface area contributed by atoms with Crippen molar-refractivity contribution in [3.63, 3.8) is 0 Å². The van der Waals surface area contributed by atoms with Crippen molar-refractivity contribution in [1.29, 1.82) is 0 Å². The zero-order valence-corrected chi connectivity index (χ0v) is 11.8. The number of halogens is 2. The minimum absolute atomic E-state index is 0.0417. The number of esters is 1. The van der Waals surface area contributed by atoms with Gasteiger partial charge >= 0.3 is 5.97 Å². The summed E-state index contributed by atoms with van der Waals surface area (Å²) in [6.45, 7) is 3.86. The van der Waals surface area contributed by atoms with Gasteiger partial charge in [0.1, 0.15) is 0 Å². The molecule has 0 saturated heterocycles. The van der Waals surface area contributed by atoms with Gasteiger partial charge in [-0.1, -0.05) is 6.92 Å². The molecular weight excluding hydrogens is 324 g/mol. The summed E-state index contributed by atoms with van der Waals surface area (Å²) >= 11 is 6.69. The van der Waals surface area contributed by atoms with Crippen molar-refractivity contribution in [3.8, 4) is 0 Å². The molecule has 1 rings (SSSR count). The number of rotatable bonds is 3. The van der Waals surface area contributed by atoms with Gasteiger partial charge in [-0.05, 0) is 63.4 Å². The van der Waals surface area contributed by atoms with Crippen LogP contribution < -0.4 is 0 Å². The first kappa shape index (κ1) is 12.7. The van der Waals surface area contributed by atoms with Gasteiger partial charge in [-0.3, -0.25) is 0 Å². The highest BCUT2D eigenvalue weighted by molar-refractivity contribution is 9.13. The van der Waals surface area contributed by atoms with Crippen LogP contribution in [0.3, 0.4) is 0 Å². The fourth-order valence-electron chi connectivity index (χ4n) is 0.957. The number of ether oxygens (including phenoxy) is 1. The molecule has 0 aliphatic rings. The average molecular weight is 336 g/mol. The van der Waals surface area contributed by atoms with Crippen LogP contribution in [0, 0.1) is 0 Å². The van der Waals surface area contributed by atoms with E-state index in [0.29, 0.717) is 5.56 Å². The molecule has 0 fully saturated rings. The second kappa shape index (κ2) is 5.66. The van der Waals surface area contributed by atoms with Crippen molar-refractivity contribution in [3.05, 3.63) is 32.7 Å². The first-order chi connectivity index (χ1) is 7.04. The lowest BCUT2D eigenvalue weighted by molar-refractivity contribution is 0.0334. The standard InChI is InChI=1S/C11H12Br2O2/c1-3-7(2)15-11(14)8-4-5-9(12)10(13)6-8/h4-7H,3H2,1-2H3. The molecule has 1 atom stereocenters. The van der Waals surface area contributed by atoms with Gasteiger partial charge in [-0.15, -0.1) is 0 Å². The summed E-state index contributed by atoms with van der Waals surface area (Å²) in [5.41, 5.74) is 0.561. The molecule has 0 saturated carbocycles. The first-order valence-electron chi connectivity index (χ1n) is 4.70. The van der Waals surface area contributed by atoms with E-state index >= 15 is 0 Å². The van der Waals surface area contributed by atoms with Crippen LogP contribution in [0.4, 0.5) is 0 Å². The lowest BCUT2D eigenvalue weighted by atomic mass is 10.2. The predicted molar refractivity (Wildman–Crippen MR) is 67.0 cm³/mol. The Balaban J connectivity index is 2.78. The third-order valence-electron chi connectivity index (χ3n) is 2.04. The van der Waals surface area contributed by atoms with Crippen LogP contribution in [0.2, 0.25) is 0 Å². The summed E-state index contributed by atoms with van der Waals surface area (Å²) in [5, 5.41) is 0. The normalized spacial score (nSPS) is 12.3. The van der Waals surface area contributed by atoms with Crippen molar-refractivity contribution >= 4 is 37.8 Å². The summed E-state index contributed by atoms with van der Waals surface area (Å²) < 4.78 is 6.97. The second-order valence-corrected chi connectivity index (χ2v) is 4.96. The summed E-state index contributed by atoms with van der Waals surface area (Å²) in [6, 6.07) is 5.30. The second-order valence-electron chi connectivity index (χ2n) is 3.25. The summed E-state index contributed by atoms with van der Waals surface area (Å²) in [7, 11) is 0. The average Bonchev–Trinajstić information content (AvgIpc) is 2.21. The summed E-state index contributed by atoms with van der Waals surface area (Å²) in [5.74, 6) is -0.280. The number of carbonyl (C=O) groups is 1. The van der Waals surface area contributed by atoms with Gasteiger partial charge in [-0.25, -0.2) is 4.79 Å². The minimum atomic E-state index is -0.280. The lowest BCUT2D eigenvalue weighted by Gasteiger charge is -2.10. The Kier molecular flexibility index (Phi) is 4.80. The Labute approximate surface area is 106 Å². The molecule has 0 radical (unpaired) electrons. The van der Waals surface area contributed by atoms with Crippen LogP contribution in [0.5, 0.6) is 0 Å². The fourth-order valence-corrected chi connectivity index (χ4v) is 1.58. The van der Waals surface area contributed by atoms with E-state index in [1.54, 1.807) is 12.1 Å². The van der Waals surface area contributed by atoms with Gasteiger partial charge in [0.05, 0.1) is 11.7 Å². The Morgan fingerprint density at radius 3 is 2.60 bits per heavy atom. The molecule has 1 unspecified atom stereocenters. The highest BCUT2D eigenvalue weighted by Crippen LogP contribution is 2.24. The van der Waals surface area contributed by atoms with Crippen LogP contribution in [0.25, 0.3) is 0 Å². The molecule has 4 heteroatoms. The maximum absolute atomic E-state index is 11.6. The Bertz CT molecular complexity index is 364. The predicted octanol–water partition coefficient (Wildman–Crippen LogP) is 4.17. The molecule has 0 N–H and O–H groups in total. The van der Waals surface area contributed by atoms with Crippen molar-refractivity contribution < 1.29 is 9.53 Å². The molecule has 2 nitrogen and oxygen atoms in total. The number of carbonyl (C=O) groups excluding carboxylic acids is 1. The van der Waals surface area contributed by atoms with Crippen LogP contribution in [-0.4, -0.2) is 12.1 Å². The zero-order valence-electron chi connectivity index (χ0n) is 8.59. The highest BCUT2D eigenvalue weighted by Gasteiger charge is 2.11. The number of benzene rings is 1. The van der Waals surface area contributed by atoms with E-state index in [9.17, 15) is 4.79 Å². The van der Waals surface area contributed by atoms with Gasteiger partial charge in [-0.2, -0.15) is 0 Å². The molecule has 0 bridgehead atoms. The molecule has 1 aromatic rings. The minimum Gasteiger partial charge on any atom is -0.459 e. The maximum atomic E-state index is 11.6. The maximum Gasteiger partial charge on any atom is 0.338 e. The van der Waals surface area contributed by atoms with E-state index in [-0.39, 0.29) is 12.1 Å². The lowest BCUT2D eigenvalue weighted by Crippen LogP contribution is -2.13. The van der Waals surface area contributed by atoms with Gasteiger partial charge in [0.25, 0.3) is 0 Å². The van der Waals surface area contributed by atoms with E-state index < -0.39 is 0 Å². The summed E-state index contributed by atoms with van der Waals surface area (Å²) in [6.07, 6.45) is 0.781. The van der Waals surface area contributed by atoms with Gasteiger partial charge in [0.2, 0.25) is 0 Å². The topological polar surface area (TPSA) is 26.3 Å². The zero-order chi connectivity index (χ0) is 11.4. The molecule has 0 aromatic heterocycles. The molecule has 0 spiro atoms. The van der Waals surface area contributed by atoms with Gasteiger partial charge < -0.3 is 4.74 Å². The van der Waals surface area contributed by atoms with E-state index in [4.69, 9.17) is 4.74 Å². The molecule has 15 heavy (non-hydrogen) atoms. The van der Waals surface area contributed by atoms with Crippen LogP contribution in [0.1, 0.15) is 30.6 Å². The van der Waals surface area contributed by atoms with Gasteiger partial charge in [0, 0.05) is 8.95 Å². The van der Waals surface area contributed by atoms with E-state index in [1.807, 2.05) is 19.9 Å². The number of hydrogen-bond acceptors (Lipinski definition) is 2. The SMILES string of the molecule is CCC(C)OC(=O)c1ccc(Br)c(Br)c1. The quantitative estimate of drug-likeness (QED) is 0.775. The molecule has 0 amide bonds. The molecular formula is C11H12Br2O2. The highest BCUT2D eigenvalue weighted by atomic mass is 79.9. The molecule has 0 heterocycles. The largest absolute Gasteiger partial charge is 0.459 e. The van der Waals surface area contributed by atoms with Crippen molar-refractivity contribution in [1.82, 2.24) is 0 Å². The van der Waals surface area contributed by atoms with E-state index in [1.165, 1.54) is 0 Å². The molecule has 0 aliphatic carbocycles. The molecule has 0 aliphatic heterocycles. The van der Waals surface area contributed by atoms with Crippen LogP contribution >= 0.6 is 31.9 Å². The summed E-state index contributed by atoms with van der Waals surface area (Å²) in [4.78, 5) is 11.6. The smallest absolute Gasteiger partial charge is 0.338 e. The third-order valence-corrected chi connectivity index (χ3v) is 3.92. The third kappa shape index (κ3) is 3.61. The van der Waals surface area contributed by atoms with E-state index in [0.717, 1.165) is 15.4 Å². The monoisotopic (exact) mass is 334 g/mol. The van der Waals surface area contributed by atoms with Gasteiger partial charge in [0.15, 0.2) is 0 Å². The molecule has 1 aromatic carbocycles. The van der Waals surface area contributed by atoms with Crippen LogP contribution in [-0.2, 0) is 4.74 Å². The number of hydrogen-bond donors (Lipinski definition) is 0. The Morgan fingerprint density at radius 2 is 2.07 bits per heavy atom. The van der Waals surface area contributed by atoms with Crippen LogP contribution in [0.15, 0.2) is 27.1 Å². The van der Waals surface area contributed by atoms with Crippen molar-refractivity contribution in [2.24, 2.45) is 0 Å². The fraction of sp³-hybridized carbons (Fsp3) is 0.364. The first-order valence-corrected chi connectivity index (χ1v) is 6.29. The van der Waals surface area contributed by atoms with Crippen molar-refractivity contribution in [2.45, 2.75) is 26.4 Å². The van der Waals surface area contributed by atoms with Crippen molar-refractivity contribution in [2.75, 3.05) is 0 Å². The Morgan fingerprint density at radius 1 is 1.40 bits per heavy atom.